The average molecular weight is 291 g/mol. The highest BCUT2D eigenvalue weighted by atomic mass is 19.2. The zero-order chi connectivity index (χ0) is 15.0. The van der Waals surface area contributed by atoms with E-state index < -0.39 is 11.6 Å². The third-order valence-electron chi connectivity index (χ3n) is 4.37. The molecule has 5 heteroatoms. The molecule has 2 unspecified atom stereocenters. The van der Waals surface area contributed by atoms with Crippen LogP contribution in [0.15, 0.2) is 23.8 Å². The fourth-order valence-electron chi connectivity index (χ4n) is 3.33. The maximum absolute atomic E-state index is 13.5. The molecular formula is C16H19F2N3. The zero-order valence-corrected chi connectivity index (χ0v) is 12.0. The van der Waals surface area contributed by atoms with Crippen LogP contribution in [0.1, 0.15) is 31.2 Å². The monoisotopic (exact) mass is 291 g/mol. The van der Waals surface area contributed by atoms with E-state index >= 15 is 0 Å². The standard InChI is InChI=1S/C16H19F2N3/c1-20-16(9-5-6-12(17)13(18)7-9)11-8-10-3-2-4-14(21-10)15(11)19/h5-7,10,14,19-21H,2-4,8H2,1H3/b16-11-,19-15?. The summed E-state index contributed by atoms with van der Waals surface area (Å²) in [5.74, 6) is -1.71. The molecule has 2 bridgehead atoms. The van der Waals surface area contributed by atoms with Crippen molar-refractivity contribution in [3.8, 4) is 0 Å². The zero-order valence-electron chi connectivity index (χ0n) is 12.0. The number of halogens is 2. The molecule has 112 valence electrons. The van der Waals surface area contributed by atoms with Gasteiger partial charge in [0.05, 0.1) is 5.71 Å². The van der Waals surface area contributed by atoms with Gasteiger partial charge in [0.1, 0.15) is 0 Å². The normalized spacial score (nSPS) is 27.5. The minimum absolute atomic E-state index is 0.0844. The first-order chi connectivity index (χ1) is 10.1. The fourth-order valence-corrected chi connectivity index (χ4v) is 3.33. The lowest BCUT2D eigenvalue weighted by atomic mass is 9.81. The maximum Gasteiger partial charge on any atom is 0.159 e. The van der Waals surface area contributed by atoms with E-state index in [4.69, 9.17) is 5.41 Å². The maximum atomic E-state index is 13.5. The largest absolute Gasteiger partial charge is 0.387 e. The minimum atomic E-state index is -0.860. The number of nitrogens with one attached hydrogen (secondary N) is 3. The van der Waals surface area contributed by atoms with Gasteiger partial charge < -0.3 is 16.0 Å². The summed E-state index contributed by atoms with van der Waals surface area (Å²) in [4.78, 5) is 0. The van der Waals surface area contributed by atoms with Gasteiger partial charge in [-0.2, -0.15) is 0 Å². The summed E-state index contributed by atoms with van der Waals surface area (Å²) in [5.41, 5.74) is 2.81. The van der Waals surface area contributed by atoms with Crippen LogP contribution in [-0.4, -0.2) is 24.8 Å². The van der Waals surface area contributed by atoms with E-state index in [0.717, 1.165) is 43.0 Å². The fraction of sp³-hybridized carbons (Fsp3) is 0.438. The van der Waals surface area contributed by atoms with Gasteiger partial charge in [0.25, 0.3) is 0 Å². The summed E-state index contributed by atoms with van der Waals surface area (Å²) in [6, 6.07) is 4.35. The topological polar surface area (TPSA) is 47.9 Å². The van der Waals surface area contributed by atoms with Crippen molar-refractivity contribution in [2.75, 3.05) is 7.05 Å². The quantitative estimate of drug-likeness (QED) is 0.784. The van der Waals surface area contributed by atoms with Crippen LogP contribution in [0.4, 0.5) is 8.78 Å². The van der Waals surface area contributed by atoms with Crippen molar-refractivity contribution in [1.82, 2.24) is 10.6 Å². The Morgan fingerprint density at radius 2 is 2.10 bits per heavy atom. The molecule has 1 aromatic rings. The predicted octanol–water partition coefficient (Wildman–Crippen LogP) is 2.83. The third-order valence-corrected chi connectivity index (χ3v) is 4.37. The molecule has 0 aromatic heterocycles. The number of hydrogen-bond acceptors (Lipinski definition) is 3. The van der Waals surface area contributed by atoms with Crippen LogP contribution < -0.4 is 10.6 Å². The van der Waals surface area contributed by atoms with E-state index in [9.17, 15) is 8.78 Å². The van der Waals surface area contributed by atoms with Gasteiger partial charge in [-0.15, -0.1) is 0 Å². The highest BCUT2D eigenvalue weighted by molar-refractivity contribution is 6.08. The van der Waals surface area contributed by atoms with Crippen molar-refractivity contribution in [2.24, 2.45) is 0 Å². The molecule has 3 N–H and O–H groups in total. The molecule has 2 aliphatic rings. The highest BCUT2D eigenvalue weighted by Crippen LogP contribution is 2.31. The van der Waals surface area contributed by atoms with Crippen molar-refractivity contribution < 1.29 is 8.78 Å². The Morgan fingerprint density at radius 3 is 2.81 bits per heavy atom. The van der Waals surface area contributed by atoms with E-state index in [1.54, 1.807) is 13.1 Å². The Kier molecular flexibility index (Phi) is 3.76. The van der Waals surface area contributed by atoms with Crippen LogP contribution in [0.5, 0.6) is 0 Å². The summed E-state index contributed by atoms with van der Waals surface area (Å²) in [6.07, 6.45) is 3.96. The molecule has 3 rings (SSSR count). The van der Waals surface area contributed by atoms with Gasteiger partial charge in [-0.25, -0.2) is 8.78 Å². The van der Waals surface area contributed by atoms with Crippen LogP contribution in [-0.2, 0) is 0 Å². The number of hydrogen-bond donors (Lipinski definition) is 3. The Bertz CT molecular complexity index is 610. The first-order valence-corrected chi connectivity index (χ1v) is 7.31. The van der Waals surface area contributed by atoms with Crippen LogP contribution in [0.2, 0.25) is 0 Å². The van der Waals surface area contributed by atoms with Gasteiger partial charge in [-0.05, 0) is 49.5 Å². The molecule has 21 heavy (non-hydrogen) atoms. The van der Waals surface area contributed by atoms with Crippen molar-refractivity contribution in [1.29, 1.82) is 5.41 Å². The second-order valence-corrected chi connectivity index (χ2v) is 5.70. The van der Waals surface area contributed by atoms with Gasteiger partial charge in [-0.3, -0.25) is 0 Å². The van der Waals surface area contributed by atoms with Gasteiger partial charge in [0.2, 0.25) is 0 Å². The molecule has 2 saturated heterocycles. The Hall–Kier alpha value is -1.75. The number of fused-ring (bicyclic) bond motifs is 2. The molecule has 2 aliphatic heterocycles. The SMILES string of the molecule is CN/C(=C1/CC2CCCC(N2)C1=N)c1ccc(F)c(F)c1. The lowest BCUT2D eigenvalue weighted by molar-refractivity contribution is 0.350. The van der Waals surface area contributed by atoms with E-state index in [1.165, 1.54) is 6.07 Å². The van der Waals surface area contributed by atoms with Crippen LogP contribution in [0.3, 0.4) is 0 Å². The van der Waals surface area contributed by atoms with Crippen LogP contribution in [0, 0.1) is 17.0 Å². The molecule has 2 atom stereocenters. The van der Waals surface area contributed by atoms with Crippen molar-refractivity contribution in [3.63, 3.8) is 0 Å². The molecule has 2 heterocycles. The first kappa shape index (κ1) is 14.2. The lowest BCUT2D eigenvalue weighted by Crippen LogP contribution is -2.52. The minimum Gasteiger partial charge on any atom is -0.387 e. The molecule has 0 spiro atoms. The molecular weight excluding hydrogens is 272 g/mol. The molecule has 0 saturated carbocycles. The Morgan fingerprint density at radius 1 is 1.29 bits per heavy atom. The van der Waals surface area contributed by atoms with Crippen molar-refractivity contribution in [2.45, 2.75) is 37.8 Å². The molecule has 0 radical (unpaired) electrons. The number of benzene rings is 1. The van der Waals surface area contributed by atoms with Crippen LogP contribution >= 0.6 is 0 Å². The van der Waals surface area contributed by atoms with E-state index in [2.05, 4.69) is 10.6 Å². The van der Waals surface area contributed by atoms with Crippen molar-refractivity contribution >= 4 is 11.4 Å². The second-order valence-electron chi connectivity index (χ2n) is 5.70. The first-order valence-electron chi connectivity index (χ1n) is 7.31. The summed E-state index contributed by atoms with van der Waals surface area (Å²) < 4.78 is 26.6. The van der Waals surface area contributed by atoms with Crippen LogP contribution in [0.25, 0.3) is 5.70 Å². The van der Waals surface area contributed by atoms with E-state index in [0.29, 0.717) is 17.3 Å². The number of rotatable bonds is 2. The van der Waals surface area contributed by atoms with Gasteiger partial charge >= 0.3 is 0 Å². The summed E-state index contributed by atoms with van der Waals surface area (Å²) in [5, 5.41) is 14.9. The molecule has 2 fully saturated rings. The lowest BCUT2D eigenvalue weighted by Gasteiger charge is -2.38. The van der Waals surface area contributed by atoms with Gasteiger partial charge in [0.15, 0.2) is 11.6 Å². The Labute approximate surface area is 122 Å². The second kappa shape index (κ2) is 5.56. The predicted molar refractivity (Wildman–Crippen MR) is 79.2 cm³/mol. The van der Waals surface area contributed by atoms with Gasteiger partial charge in [-0.1, -0.05) is 0 Å². The molecule has 1 aromatic carbocycles. The van der Waals surface area contributed by atoms with E-state index in [1.807, 2.05) is 0 Å². The third kappa shape index (κ3) is 2.58. The average Bonchev–Trinajstić information content (AvgIpc) is 2.49. The summed E-state index contributed by atoms with van der Waals surface area (Å²) in [7, 11) is 1.76. The summed E-state index contributed by atoms with van der Waals surface area (Å²) in [6.45, 7) is 0. The smallest absolute Gasteiger partial charge is 0.159 e. The Balaban J connectivity index is 2.03. The van der Waals surface area contributed by atoms with Gasteiger partial charge in [0, 0.05) is 30.4 Å². The molecule has 0 amide bonds. The number of piperidine rings is 2. The van der Waals surface area contributed by atoms with E-state index in [-0.39, 0.29) is 6.04 Å². The molecule has 0 aliphatic carbocycles. The highest BCUT2D eigenvalue weighted by Gasteiger charge is 2.33. The summed E-state index contributed by atoms with van der Waals surface area (Å²) >= 11 is 0. The van der Waals surface area contributed by atoms with Crippen molar-refractivity contribution in [3.05, 3.63) is 41.0 Å². The molecule has 3 nitrogen and oxygen atoms in total.